The molecule has 6 nitrogen and oxygen atoms in total. The summed E-state index contributed by atoms with van der Waals surface area (Å²) in [5.41, 5.74) is 3.83. The van der Waals surface area contributed by atoms with Crippen molar-refractivity contribution < 1.29 is 18.0 Å². The van der Waals surface area contributed by atoms with E-state index < -0.39 is 24.4 Å². The second kappa shape index (κ2) is 8.72. The number of anilines is 1. The van der Waals surface area contributed by atoms with Gasteiger partial charge in [0.25, 0.3) is 5.91 Å². The first-order valence-electron chi connectivity index (χ1n) is 10.8. The van der Waals surface area contributed by atoms with Crippen LogP contribution in [-0.2, 0) is 11.2 Å². The number of benzene rings is 1. The lowest BCUT2D eigenvalue weighted by Crippen LogP contribution is -2.64. The molecule has 0 aromatic heterocycles. The van der Waals surface area contributed by atoms with E-state index in [1.807, 2.05) is 0 Å². The molecular formula is C21H30F3N5O. The Morgan fingerprint density at radius 3 is 2.80 bits per heavy atom. The van der Waals surface area contributed by atoms with Crippen LogP contribution in [-0.4, -0.2) is 56.0 Å². The molecule has 5 N–H and O–H groups in total. The number of alkyl halides is 3. The third-order valence-corrected chi connectivity index (χ3v) is 6.51. The van der Waals surface area contributed by atoms with Gasteiger partial charge in [0.1, 0.15) is 12.2 Å². The molecule has 3 aliphatic heterocycles. The summed E-state index contributed by atoms with van der Waals surface area (Å²) >= 11 is 0. The maximum absolute atomic E-state index is 13.0. The van der Waals surface area contributed by atoms with Gasteiger partial charge in [0.2, 0.25) is 0 Å². The fourth-order valence-electron chi connectivity index (χ4n) is 4.87. The van der Waals surface area contributed by atoms with Crippen molar-refractivity contribution >= 4 is 11.6 Å². The second-order valence-electron chi connectivity index (χ2n) is 8.58. The minimum absolute atomic E-state index is 0.0615. The van der Waals surface area contributed by atoms with Crippen molar-refractivity contribution in [3.05, 3.63) is 29.3 Å². The normalized spacial score (nSPS) is 32.1. The van der Waals surface area contributed by atoms with E-state index in [-0.39, 0.29) is 30.8 Å². The van der Waals surface area contributed by atoms with Crippen molar-refractivity contribution in [1.82, 2.24) is 21.3 Å². The molecule has 3 heterocycles. The number of hydrogen-bond acceptors (Lipinski definition) is 5. The lowest BCUT2D eigenvalue weighted by atomic mass is 9.84. The van der Waals surface area contributed by atoms with Crippen LogP contribution in [0.15, 0.2) is 18.2 Å². The standard InChI is InChI=1S/C21H30F3N5O/c1-12-16(14-4-2-6-17-15(14)5-3-8-25-17)11-27-19(28-12)20(30)29-13-7-9-26-18(10-13)21(22,23)24/h2,4,6,12-13,16,18-19,25-28H,3,5,7-11H2,1H3,(H,29,30). The van der Waals surface area contributed by atoms with E-state index in [4.69, 9.17) is 0 Å². The Bertz CT molecular complexity index is 771. The number of nitrogens with one attached hydrogen (secondary N) is 5. The zero-order valence-electron chi connectivity index (χ0n) is 17.1. The molecule has 1 amide bonds. The number of halogens is 3. The van der Waals surface area contributed by atoms with Crippen molar-refractivity contribution in [2.75, 3.05) is 25.0 Å². The Labute approximate surface area is 174 Å². The van der Waals surface area contributed by atoms with Gasteiger partial charge in [-0.05, 0) is 56.3 Å². The van der Waals surface area contributed by atoms with Crippen LogP contribution >= 0.6 is 0 Å². The Morgan fingerprint density at radius 2 is 2.03 bits per heavy atom. The monoisotopic (exact) mass is 425 g/mol. The van der Waals surface area contributed by atoms with Crippen molar-refractivity contribution in [2.24, 2.45) is 0 Å². The van der Waals surface area contributed by atoms with Gasteiger partial charge in [-0.25, -0.2) is 0 Å². The molecule has 0 saturated carbocycles. The molecule has 9 heteroatoms. The molecule has 5 atom stereocenters. The summed E-state index contributed by atoms with van der Waals surface area (Å²) < 4.78 is 38.9. The molecule has 2 saturated heterocycles. The number of piperidine rings is 1. The van der Waals surface area contributed by atoms with E-state index in [0.29, 0.717) is 13.0 Å². The Morgan fingerprint density at radius 1 is 1.20 bits per heavy atom. The minimum atomic E-state index is -4.30. The number of rotatable bonds is 3. The molecule has 1 aromatic rings. The van der Waals surface area contributed by atoms with Gasteiger partial charge in [-0.2, -0.15) is 13.2 Å². The van der Waals surface area contributed by atoms with Crippen LogP contribution in [0, 0.1) is 0 Å². The molecule has 0 radical (unpaired) electrons. The van der Waals surface area contributed by atoms with Crippen molar-refractivity contribution in [2.45, 2.75) is 69.0 Å². The quantitative estimate of drug-likeness (QED) is 0.511. The summed E-state index contributed by atoms with van der Waals surface area (Å²) in [5.74, 6) is -0.0673. The molecule has 0 spiro atoms. The van der Waals surface area contributed by atoms with E-state index >= 15 is 0 Å². The van der Waals surface area contributed by atoms with Gasteiger partial charge in [-0.1, -0.05) is 12.1 Å². The highest BCUT2D eigenvalue weighted by Gasteiger charge is 2.43. The van der Waals surface area contributed by atoms with Crippen molar-refractivity contribution in [3.8, 4) is 0 Å². The Hall–Kier alpha value is -1.84. The van der Waals surface area contributed by atoms with E-state index in [0.717, 1.165) is 19.4 Å². The average Bonchev–Trinajstić information content (AvgIpc) is 2.73. The molecule has 2 fully saturated rings. The lowest BCUT2D eigenvalue weighted by Gasteiger charge is -2.39. The van der Waals surface area contributed by atoms with Gasteiger partial charge in [0.05, 0.1) is 0 Å². The van der Waals surface area contributed by atoms with Gasteiger partial charge >= 0.3 is 6.18 Å². The van der Waals surface area contributed by atoms with Gasteiger partial charge in [-0.3, -0.25) is 15.4 Å². The van der Waals surface area contributed by atoms with Gasteiger partial charge < -0.3 is 16.0 Å². The largest absolute Gasteiger partial charge is 0.403 e. The summed E-state index contributed by atoms with van der Waals surface area (Å²) in [7, 11) is 0. The highest BCUT2D eigenvalue weighted by Crippen LogP contribution is 2.33. The van der Waals surface area contributed by atoms with Crippen LogP contribution < -0.4 is 26.6 Å². The smallest absolute Gasteiger partial charge is 0.385 e. The molecule has 166 valence electrons. The topological polar surface area (TPSA) is 77.2 Å². The maximum Gasteiger partial charge on any atom is 0.403 e. The third-order valence-electron chi connectivity index (χ3n) is 6.51. The highest BCUT2D eigenvalue weighted by molar-refractivity contribution is 5.82. The number of carbonyl (C=O) groups is 1. The van der Waals surface area contributed by atoms with Crippen molar-refractivity contribution in [3.63, 3.8) is 0 Å². The fourth-order valence-corrected chi connectivity index (χ4v) is 4.87. The highest BCUT2D eigenvalue weighted by atomic mass is 19.4. The molecule has 0 aliphatic carbocycles. The Kier molecular flexibility index (Phi) is 6.22. The molecule has 5 unspecified atom stereocenters. The SMILES string of the molecule is CC1NC(C(=O)NC2CCNC(C(F)(F)F)C2)NCC1c1cccc2c1CCCN2. The number of amides is 1. The van der Waals surface area contributed by atoms with Crippen LogP contribution in [0.5, 0.6) is 0 Å². The first-order valence-corrected chi connectivity index (χ1v) is 10.8. The average molecular weight is 425 g/mol. The summed E-state index contributed by atoms with van der Waals surface area (Å²) in [4.78, 5) is 12.7. The summed E-state index contributed by atoms with van der Waals surface area (Å²) in [6, 6.07) is 4.34. The molecule has 3 aliphatic rings. The predicted octanol–water partition coefficient (Wildman–Crippen LogP) is 1.83. The first-order chi connectivity index (χ1) is 14.3. The van der Waals surface area contributed by atoms with E-state index in [1.54, 1.807) is 0 Å². The lowest BCUT2D eigenvalue weighted by molar-refractivity contribution is -0.162. The van der Waals surface area contributed by atoms with Crippen LogP contribution in [0.4, 0.5) is 18.9 Å². The molecule has 4 rings (SSSR count). The van der Waals surface area contributed by atoms with Gasteiger partial charge in [-0.15, -0.1) is 0 Å². The fraction of sp³-hybridized carbons (Fsp3) is 0.667. The first kappa shape index (κ1) is 21.4. The summed E-state index contributed by atoms with van der Waals surface area (Å²) in [6.45, 7) is 3.93. The van der Waals surface area contributed by atoms with Gasteiger partial charge in [0, 0.05) is 36.8 Å². The van der Waals surface area contributed by atoms with Crippen LogP contribution in [0.1, 0.15) is 43.2 Å². The maximum atomic E-state index is 13.0. The summed E-state index contributed by atoms with van der Waals surface area (Å²) in [6.07, 6.45) is -2.40. The van der Waals surface area contributed by atoms with Crippen molar-refractivity contribution in [1.29, 1.82) is 0 Å². The zero-order chi connectivity index (χ0) is 21.3. The minimum Gasteiger partial charge on any atom is -0.385 e. The number of carbonyl (C=O) groups excluding carboxylic acids is 1. The third kappa shape index (κ3) is 4.58. The predicted molar refractivity (Wildman–Crippen MR) is 109 cm³/mol. The van der Waals surface area contributed by atoms with Crippen LogP contribution in [0.25, 0.3) is 0 Å². The molecule has 0 bridgehead atoms. The van der Waals surface area contributed by atoms with Crippen LogP contribution in [0.3, 0.4) is 0 Å². The zero-order valence-corrected chi connectivity index (χ0v) is 17.1. The van der Waals surface area contributed by atoms with E-state index in [9.17, 15) is 18.0 Å². The van der Waals surface area contributed by atoms with E-state index in [2.05, 4.69) is 51.7 Å². The van der Waals surface area contributed by atoms with E-state index in [1.165, 1.54) is 16.8 Å². The molecule has 30 heavy (non-hydrogen) atoms. The molecular weight excluding hydrogens is 395 g/mol. The summed E-state index contributed by atoms with van der Waals surface area (Å²) in [5, 5.41) is 15.3. The number of fused-ring (bicyclic) bond motifs is 1. The molecule has 1 aromatic carbocycles. The second-order valence-corrected chi connectivity index (χ2v) is 8.58. The Balaban J connectivity index is 1.36. The van der Waals surface area contributed by atoms with Gasteiger partial charge in [0.15, 0.2) is 0 Å². The number of hydrogen-bond donors (Lipinski definition) is 5. The van der Waals surface area contributed by atoms with Crippen LogP contribution in [0.2, 0.25) is 0 Å².